The first-order valence-corrected chi connectivity index (χ1v) is 11.4. The van der Waals surface area contributed by atoms with Gasteiger partial charge < -0.3 is 15.0 Å². The second-order valence-electron chi connectivity index (χ2n) is 7.45. The lowest BCUT2D eigenvalue weighted by Gasteiger charge is -2.34. The number of aromatic nitrogens is 1. The van der Waals surface area contributed by atoms with E-state index in [4.69, 9.17) is 9.72 Å². The number of hydrogen-bond donors (Lipinski definition) is 1. The number of piperazine rings is 1. The van der Waals surface area contributed by atoms with Crippen LogP contribution in [0.4, 0.5) is 10.8 Å². The highest BCUT2D eigenvalue weighted by atomic mass is 32.1. The summed E-state index contributed by atoms with van der Waals surface area (Å²) in [6.45, 7) is 7.34. The van der Waals surface area contributed by atoms with Gasteiger partial charge in [0.25, 0.3) is 11.6 Å². The highest BCUT2D eigenvalue weighted by molar-refractivity contribution is 7.22. The van der Waals surface area contributed by atoms with Gasteiger partial charge in [-0.15, -0.1) is 0 Å². The van der Waals surface area contributed by atoms with Gasteiger partial charge in [-0.2, -0.15) is 0 Å². The van der Waals surface area contributed by atoms with Gasteiger partial charge in [0, 0.05) is 57.0 Å². The summed E-state index contributed by atoms with van der Waals surface area (Å²) in [6, 6.07) is 11.8. The van der Waals surface area contributed by atoms with Gasteiger partial charge in [-0.3, -0.25) is 19.8 Å². The minimum Gasteiger partial charge on any atom is -0.494 e. The fourth-order valence-corrected chi connectivity index (χ4v) is 4.68. The fourth-order valence-electron chi connectivity index (χ4n) is 3.64. The lowest BCUT2D eigenvalue weighted by Crippen LogP contribution is -2.48. The summed E-state index contributed by atoms with van der Waals surface area (Å²) in [4.78, 5) is 32.0. The third-order valence-corrected chi connectivity index (χ3v) is 6.41. The molecule has 2 heterocycles. The van der Waals surface area contributed by atoms with Crippen molar-refractivity contribution in [3.63, 3.8) is 0 Å². The molecule has 0 spiro atoms. The first-order chi connectivity index (χ1) is 15.5. The topological polar surface area (TPSA) is 101 Å². The Morgan fingerprint density at radius 2 is 2.03 bits per heavy atom. The number of non-ortho nitro benzene ring substituents is 1. The first kappa shape index (κ1) is 22.0. The molecule has 9 nitrogen and oxygen atoms in total. The van der Waals surface area contributed by atoms with Crippen LogP contribution in [0.3, 0.4) is 0 Å². The SMILES string of the molecule is CCOc1ccc2nc(N3CCN(CCNC(=O)c4cccc([N+](=O)[O-])c4)CC3)sc2c1. The van der Waals surface area contributed by atoms with Crippen molar-refractivity contribution in [2.24, 2.45) is 0 Å². The van der Waals surface area contributed by atoms with Crippen molar-refractivity contribution in [2.45, 2.75) is 6.92 Å². The standard InChI is InChI=1S/C22H25N5O4S/c1-2-31-18-6-7-19-20(15-18)32-22(24-19)26-12-10-25(11-13-26)9-8-23-21(28)16-4-3-5-17(14-16)27(29)30/h3-7,14-15H,2,8-13H2,1H3,(H,23,28). The zero-order valence-electron chi connectivity index (χ0n) is 17.8. The molecule has 1 aromatic heterocycles. The molecule has 1 fully saturated rings. The second-order valence-corrected chi connectivity index (χ2v) is 8.46. The number of nitro groups is 1. The van der Waals surface area contributed by atoms with Crippen LogP contribution in [0.5, 0.6) is 5.75 Å². The van der Waals surface area contributed by atoms with E-state index in [1.54, 1.807) is 17.4 Å². The van der Waals surface area contributed by atoms with Crippen molar-refractivity contribution in [2.75, 3.05) is 50.8 Å². The molecule has 168 valence electrons. The van der Waals surface area contributed by atoms with E-state index in [-0.39, 0.29) is 11.6 Å². The van der Waals surface area contributed by atoms with E-state index < -0.39 is 4.92 Å². The summed E-state index contributed by atoms with van der Waals surface area (Å²) >= 11 is 1.68. The average molecular weight is 456 g/mol. The predicted octanol–water partition coefficient (Wildman–Crippen LogP) is 3.16. The Kier molecular flexibility index (Phi) is 6.81. The Hall–Kier alpha value is -3.24. The van der Waals surface area contributed by atoms with Crippen LogP contribution in [0.25, 0.3) is 10.2 Å². The molecule has 1 N–H and O–H groups in total. The molecular formula is C22H25N5O4S. The lowest BCUT2D eigenvalue weighted by molar-refractivity contribution is -0.384. The summed E-state index contributed by atoms with van der Waals surface area (Å²) in [5.74, 6) is 0.570. The Morgan fingerprint density at radius 3 is 2.78 bits per heavy atom. The molecule has 0 unspecified atom stereocenters. The summed E-state index contributed by atoms with van der Waals surface area (Å²) < 4.78 is 6.70. The van der Waals surface area contributed by atoms with Gasteiger partial charge in [-0.25, -0.2) is 4.98 Å². The average Bonchev–Trinajstić information content (AvgIpc) is 3.23. The number of amides is 1. The molecule has 0 bridgehead atoms. The van der Waals surface area contributed by atoms with Crippen molar-refractivity contribution >= 4 is 38.3 Å². The zero-order chi connectivity index (χ0) is 22.5. The Balaban J connectivity index is 1.25. The third kappa shape index (κ3) is 5.14. The van der Waals surface area contributed by atoms with Crippen molar-refractivity contribution in [3.8, 4) is 5.75 Å². The van der Waals surface area contributed by atoms with Crippen LogP contribution in [0, 0.1) is 10.1 Å². The highest BCUT2D eigenvalue weighted by Crippen LogP contribution is 2.31. The first-order valence-electron chi connectivity index (χ1n) is 10.6. The van der Waals surface area contributed by atoms with E-state index in [1.165, 1.54) is 18.2 Å². The summed E-state index contributed by atoms with van der Waals surface area (Å²) in [7, 11) is 0. The van der Waals surface area contributed by atoms with Gasteiger partial charge in [-0.05, 0) is 31.2 Å². The summed E-state index contributed by atoms with van der Waals surface area (Å²) in [5, 5.41) is 14.7. The molecule has 0 aliphatic carbocycles. The molecule has 0 radical (unpaired) electrons. The number of fused-ring (bicyclic) bond motifs is 1. The summed E-state index contributed by atoms with van der Waals surface area (Å²) in [5.41, 5.74) is 1.20. The number of nitrogens with zero attached hydrogens (tertiary/aromatic N) is 4. The number of hydrogen-bond acceptors (Lipinski definition) is 8. The Bertz CT molecular complexity index is 1110. The number of ether oxygens (including phenoxy) is 1. The molecule has 4 rings (SSSR count). The normalized spacial score (nSPS) is 14.5. The predicted molar refractivity (Wildman–Crippen MR) is 125 cm³/mol. The number of benzene rings is 2. The molecule has 1 aliphatic rings. The minimum atomic E-state index is -0.500. The van der Waals surface area contributed by atoms with Crippen LogP contribution >= 0.6 is 11.3 Å². The minimum absolute atomic E-state index is 0.0854. The van der Waals surface area contributed by atoms with Crippen LogP contribution in [0.15, 0.2) is 42.5 Å². The van der Waals surface area contributed by atoms with Crippen LogP contribution in [0.2, 0.25) is 0 Å². The van der Waals surface area contributed by atoms with Crippen LogP contribution in [-0.4, -0.2) is 66.6 Å². The molecule has 32 heavy (non-hydrogen) atoms. The van der Waals surface area contributed by atoms with Gasteiger partial charge in [0.05, 0.1) is 21.7 Å². The molecule has 1 aliphatic heterocycles. The van der Waals surface area contributed by atoms with Crippen molar-refractivity contribution < 1.29 is 14.5 Å². The molecule has 1 amide bonds. The van der Waals surface area contributed by atoms with Crippen molar-refractivity contribution in [1.29, 1.82) is 0 Å². The molecule has 3 aromatic rings. The lowest BCUT2D eigenvalue weighted by atomic mass is 10.2. The number of rotatable bonds is 8. The van der Waals surface area contributed by atoms with Crippen molar-refractivity contribution in [1.82, 2.24) is 15.2 Å². The van der Waals surface area contributed by atoms with E-state index in [2.05, 4.69) is 15.1 Å². The fraction of sp³-hybridized carbons (Fsp3) is 0.364. The van der Waals surface area contributed by atoms with Gasteiger partial charge in [0.2, 0.25) is 0 Å². The van der Waals surface area contributed by atoms with Crippen LogP contribution < -0.4 is 15.0 Å². The number of thiazole rings is 1. The van der Waals surface area contributed by atoms with Crippen LogP contribution in [0.1, 0.15) is 17.3 Å². The molecule has 2 aromatic carbocycles. The number of carbonyl (C=O) groups excluding carboxylic acids is 1. The molecule has 0 atom stereocenters. The number of carbonyl (C=O) groups is 1. The van der Waals surface area contributed by atoms with E-state index in [9.17, 15) is 14.9 Å². The zero-order valence-corrected chi connectivity index (χ0v) is 18.6. The molecule has 0 saturated carbocycles. The van der Waals surface area contributed by atoms with E-state index >= 15 is 0 Å². The van der Waals surface area contributed by atoms with Gasteiger partial charge in [0.15, 0.2) is 5.13 Å². The smallest absolute Gasteiger partial charge is 0.270 e. The van der Waals surface area contributed by atoms with Crippen LogP contribution in [-0.2, 0) is 0 Å². The maximum absolute atomic E-state index is 12.3. The van der Waals surface area contributed by atoms with Gasteiger partial charge in [-0.1, -0.05) is 17.4 Å². The Morgan fingerprint density at radius 1 is 1.22 bits per heavy atom. The number of nitrogens with one attached hydrogen (secondary N) is 1. The highest BCUT2D eigenvalue weighted by Gasteiger charge is 2.20. The van der Waals surface area contributed by atoms with E-state index in [0.717, 1.165) is 53.8 Å². The monoisotopic (exact) mass is 455 g/mol. The quantitative estimate of drug-likeness (QED) is 0.411. The largest absolute Gasteiger partial charge is 0.494 e. The maximum atomic E-state index is 12.3. The maximum Gasteiger partial charge on any atom is 0.270 e. The third-order valence-electron chi connectivity index (χ3n) is 5.34. The Labute approximate surface area is 189 Å². The van der Waals surface area contributed by atoms with Crippen molar-refractivity contribution in [3.05, 3.63) is 58.1 Å². The summed E-state index contributed by atoms with van der Waals surface area (Å²) in [6.07, 6.45) is 0. The number of anilines is 1. The van der Waals surface area contributed by atoms with E-state index in [0.29, 0.717) is 18.7 Å². The van der Waals surface area contributed by atoms with Gasteiger partial charge in [0.1, 0.15) is 5.75 Å². The second kappa shape index (κ2) is 9.92. The number of nitro benzene ring substituents is 1. The molecular weight excluding hydrogens is 430 g/mol. The molecule has 10 heteroatoms. The van der Waals surface area contributed by atoms with Gasteiger partial charge >= 0.3 is 0 Å². The van der Waals surface area contributed by atoms with E-state index in [1.807, 2.05) is 25.1 Å². The molecule has 1 saturated heterocycles.